The predicted molar refractivity (Wildman–Crippen MR) is 114 cm³/mol. The summed E-state index contributed by atoms with van der Waals surface area (Å²) in [6.07, 6.45) is 6.93. The zero-order valence-electron chi connectivity index (χ0n) is 18.0. The Bertz CT molecular complexity index is 745. The van der Waals surface area contributed by atoms with Gasteiger partial charge in [0.05, 0.1) is 5.56 Å². The van der Waals surface area contributed by atoms with Gasteiger partial charge in [0.2, 0.25) is 0 Å². The third-order valence-corrected chi connectivity index (χ3v) is 5.95. The lowest BCUT2D eigenvalue weighted by molar-refractivity contribution is -0.140. The van der Waals surface area contributed by atoms with E-state index in [-0.39, 0.29) is 24.6 Å². The summed E-state index contributed by atoms with van der Waals surface area (Å²) in [7, 11) is 0. The zero-order chi connectivity index (χ0) is 21.5. The summed E-state index contributed by atoms with van der Waals surface area (Å²) in [6.45, 7) is 4.71. The first-order valence-electron chi connectivity index (χ1n) is 11.0. The lowest BCUT2D eigenvalue weighted by Gasteiger charge is -2.44. The van der Waals surface area contributed by atoms with Crippen LogP contribution in [0.2, 0.25) is 0 Å². The van der Waals surface area contributed by atoms with Crippen LogP contribution in [0.4, 0.5) is 4.79 Å². The highest BCUT2D eigenvalue weighted by Crippen LogP contribution is 2.35. The zero-order valence-corrected chi connectivity index (χ0v) is 18.0. The lowest BCUT2D eigenvalue weighted by Crippen LogP contribution is -2.50. The minimum atomic E-state index is -0.502. The molecule has 1 aliphatic heterocycles. The normalized spacial score (nSPS) is 21.0. The number of urea groups is 1. The minimum Gasteiger partial charge on any atom is -0.452 e. The first-order chi connectivity index (χ1) is 14.4. The van der Waals surface area contributed by atoms with E-state index < -0.39 is 5.97 Å². The number of rotatable bonds is 6. The standard InChI is InChI=1S/C23H33N3O4/c1-16(2)25-23(29)24-14-17-9-11-19(12-10-17)22(28)30-15-21(27)26-13-5-7-18-6-3-4-8-20(18)26/h9-12,16,18,20H,3-8,13-15H2,1-2H3,(H2,24,25,29)/t18-,20+/m1/s1. The van der Waals surface area contributed by atoms with Crippen molar-refractivity contribution in [2.24, 2.45) is 5.92 Å². The Kier molecular flexibility index (Phi) is 7.71. The van der Waals surface area contributed by atoms with Crippen molar-refractivity contribution >= 4 is 17.9 Å². The number of nitrogens with zero attached hydrogens (tertiary/aromatic N) is 1. The van der Waals surface area contributed by atoms with E-state index in [1.54, 1.807) is 24.3 Å². The highest BCUT2D eigenvalue weighted by atomic mass is 16.5. The molecule has 164 valence electrons. The number of carbonyl (C=O) groups excluding carboxylic acids is 3. The molecule has 3 rings (SSSR count). The second kappa shape index (κ2) is 10.5. The quantitative estimate of drug-likeness (QED) is 0.699. The number of carbonyl (C=O) groups is 3. The fraction of sp³-hybridized carbons (Fsp3) is 0.609. The summed E-state index contributed by atoms with van der Waals surface area (Å²) in [4.78, 5) is 38.6. The van der Waals surface area contributed by atoms with Crippen molar-refractivity contribution in [2.75, 3.05) is 13.2 Å². The maximum Gasteiger partial charge on any atom is 0.338 e. The molecule has 7 nitrogen and oxygen atoms in total. The largest absolute Gasteiger partial charge is 0.452 e. The fourth-order valence-electron chi connectivity index (χ4n) is 4.48. The molecule has 0 bridgehead atoms. The lowest BCUT2D eigenvalue weighted by atomic mass is 9.78. The van der Waals surface area contributed by atoms with Gasteiger partial charge in [-0.25, -0.2) is 9.59 Å². The Labute approximate surface area is 178 Å². The van der Waals surface area contributed by atoms with Gasteiger partial charge >= 0.3 is 12.0 Å². The van der Waals surface area contributed by atoms with Crippen molar-refractivity contribution in [1.82, 2.24) is 15.5 Å². The highest BCUT2D eigenvalue weighted by Gasteiger charge is 2.35. The van der Waals surface area contributed by atoms with Crippen LogP contribution in [0.3, 0.4) is 0 Å². The molecule has 1 heterocycles. The maximum absolute atomic E-state index is 12.7. The Hall–Kier alpha value is -2.57. The summed E-state index contributed by atoms with van der Waals surface area (Å²) in [6, 6.07) is 7.00. The van der Waals surface area contributed by atoms with Crippen molar-refractivity contribution in [2.45, 2.75) is 71.0 Å². The predicted octanol–water partition coefficient (Wildman–Crippen LogP) is 3.23. The Morgan fingerprint density at radius 2 is 1.77 bits per heavy atom. The molecule has 1 aromatic carbocycles. The van der Waals surface area contributed by atoms with Crippen LogP contribution in [0.25, 0.3) is 0 Å². The molecular weight excluding hydrogens is 382 g/mol. The number of fused-ring (bicyclic) bond motifs is 1. The summed E-state index contributed by atoms with van der Waals surface area (Å²) in [5, 5.41) is 5.52. The molecule has 2 N–H and O–H groups in total. The summed E-state index contributed by atoms with van der Waals surface area (Å²) >= 11 is 0. The number of amides is 3. The van der Waals surface area contributed by atoms with Crippen molar-refractivity contribution in [1.29, 1.82) is 0 Å². The number of ether oxygens (including phenoxy) is 1. The van der Waals surface area contributed by atoms with E-state index in [0.29, 0.717) is 24.1 Å². The van der Waals surface area contributed by atoms with Crippen LogP contribution in [0, 0.1) is 5.92 Å². The van der Waals surface area contributed by atoms with Gasteiger partial charge in [0.25, 0.3) is 5.91 Å². The maximum atomic E-state index is 12.7. The van der Waals surface area contributed by atoms with E-state index >= 15 is 0 Å². The number of esters is 1. The Balaban J connectivity index is 1.46. The van der Waals surface area contributed by atoms with Gasteiger partial charge in [-0.2, -0.15) is 0 Å². The summed E-state index contributed by atoms with van der Waals surface area (Å²) < 4.78 is 5.29. The smallest absolute Gasteiger partial charge is 0.338 e. The molecule has 3 amide bonds. The molecule has 7 heteroatoms. The van der Waals surface area contributed by atoms with Crippen LogP contribution in [-0.2, 0) is 16.1 Å². The first-order valence-corrected chi connectivity index (χ1v) is 11.0. The number of hydrogen-bond acceptors (Lipinski definition) is 4. The first kappa shape index (κ1) is 22.1. The highest BCUT2D eigenvalue weighted by molar-refractivity contribution is 5.91. The molecule has 2 fully saturated rings. The number of nitrogens with one attached hydrogen (secondary N) is 2. The molecule has 1 aliphatic carbocycles. The number of piperidine rings is 1. The molecule has 2 aliphatic rings. The third-order valence-electron chi connectivity index (χ3n) is 5.95. The van der Waals surface area contributed by atoms with Gasteiger partial charge in [0.1, 0.15) is 0 Å². The van der Waals surface area contributed by atoms with E-state index in [2.05, 4.69) is 10.6 Å². The molecule has 0 radical (unpaired) electrons. The van der Waals surface area contributed by atoms with E-state index in [0.717, 1.165) is 24.9 Å². The van der Waals surface area contributed by atoms with Crippen LogP contribution < -0.4 is 10.6 Å². The molecule has 1 saturated heterocycles. The van der Waals surface area contributed by atoms with Gasteiger partial charge < -0.3 is 20.3 Å². The fourth-order valence-corrected chi connectivity index (χ4v) is 4.48. The van der Waals surface area contributed by atoms with Gasteiger partial charge in [0.15, 0.2) is 6.61 Å². The van der Waals surface area contributed by atoms with E-state index in [1.807, 2.05) is 18.7 Å². The van der Waals surface area contributed by atoms with Gasteiger partial charge in [-0.05, 0) is 63.1 Å². The van der Waals surface area contributed by atoms with Crippen LogP contribution in [0.5, 0.6) is 0 Å². The van der Waals surface area contributed by atoms with E-state index in [4.69, 9.17) is 4.74 Å². The van der Waals surface area contributed by atoms with Crippen molar-refractivity contribution in [3.63, 3.8) is 0 Å². The average molecular weight is 416 g/mol. The molecule has 1 saturated carbocycles. The van der Waals surface area contributed by atoms with Crippen molar-refractivity contribution in [3.05, 3.63) is 35.4 Å². The second-order valence-electron chi connectivity index (χ2n) is 8.60. The third kappa shape index (κ3) is 5.97. The molecule has 0 spiro atoms. The average Bonchev–Trinajstić information content (AvgIpc) is 2.75. The number of hydrogen-bond donors (Lipinski definition) is 2. The molecule has 1 aromatic rings. The van der Waals surface area contributed by atoms with Crippen LogP contribution in [0.15, 0.2) is 24.3 Å². The minimum absolute atomic E-state index is 0.0683. The SMILES string of the molecule is CC(C)NC(=O)NCc1ccc(C(=O)OCC(=O)N2CCC[C@H]3CCCC[C@@H]32)cc1. The van der Waals surface area contributed by atoms with Crippen molar-refractivity contribution < 1.29 is 19.1 Å². The number of benzene rings is 1. The van der Waals surface area contributed by atoms with Crippen LogP contribution >= 0.6 is 0 Å². The van der Waals surface area contributed by atoms with Gasteiger partial charge in [-0.15, -0.1) is 0 Å². The van der Waals surface area contributed by atoms with Crippen LogP contribution in [0.1, 0.15) is 68.3 Å². The molecule has 2 atom stereocenters. The summed E-state index contributed by atoms with van der Waals surface area (Å²) in [5.41, 5.74) is 1.27. The Morgan fingerprint density at radius 1 is 1.07 bits per heavy atom. The van der Waals surface area contributed by atoms with Gasteiger partial charge in [-0.3, -0.25) is 4.79 Å². The van der Waals surface area contributed by atoms with Crippen LogP contribution in [-0.4, -0.2) is 48.0 Å². The number of likely N-dealkylation sites (tertiary alicyclic amines) is 1. The molecule has 30 heavy (non-hydrogen) atoms. The second-order valence-corrected chi connectivity index (χ2v) is 8.60. The van der Waals surface area contributed by atoms with Crippen molar-refractivity contribution in [3.8, 4) is 0 Å². The monoisotopic (exact) mass is 415 g/mol. The van der Waals surface area contributed by atoms with Gasteiger partial charge in [-0.1, -0.05) is 25.0 Å². The van der Waals surface area contributed by atoms with E-state index in [9.17, 15) is 14.4 Å². The summed E-state index contributed by atoms with van der Waals surface area (Å²) in [5.74, 6) is 0.0190. The van der Waals surface area contributed by atoms with Gasteiger partial charge in [0, 0.05) is 25.2 Å². The topological polar surface area (TPSA) is 87.7 Å². The Morgan fingerprint density at radius 3 is 2.50 bits per heavy atom. The van der Waals surface area contributed by atoms with E-state index in [1.165, 1.54) is 25.7 Å². The molecule has 0 aromatic heterocycles. The molecular formula is C23H33N3O4. The molecule has 0 unspecified atom stereocenters.